The number of ether oxygens (including phenoxy) is 1. The van der Waals surface area contributed by atoms with Crippen LogP contribution in [0.1, 0.15) is 0 Å². The molecule has 24 heavy (non-hydrogen) atoms. The van der Waals surface area contributed by atoms with Crippen molar-refractivity contribution in [3.63, 3.8) is 0 Å². The van der Waals surface area contributed by atoms with Gasteiger partial charge in [0.05, 0.1) is 0 Å². The van der Waals surface area contributed by atoms with Gasteiger partial charge in [-0.05, 0) is 22.9 Å². The molecule has 116 valence electrons. The van der Waals surface area contributed by atoms with E-state index in [9.17, 15) is 8.42 Å². The smallest absolute Gasteiger partial charge is 0.214 e. The zero-order chi connectivity index (χ0) is 16.3. The van der Waals surface area contributed by atoms with Crippen LogP contribution >= 0.6 is 0 Å². The van der Waals surface area contributed by atoms with Gasteiger partial charge in [-0.2, -0.15) is 0 Å². The van der Waals surface area contributed by atoms with Crippen LogP contribution in [-0.2, 0) is 9.84 Å². The Morgan fingerprint density at radius 2 is 1.04 bits per heavy atom. The van der Waals surface area contributed by atoms with E-state index in [1.807, 2.05) is 60.7 Å². The quantitative estimate of drug-likeness (QED) is 0.404. The summed E-state index contributed by atoms with van der Waals surface area (Å²) in [5.74, 6) is 0.828. The summed E-state index contributed by atoms with van der Waals surface area (Å²) in [6, 6.07) is 22.2. The summed E-state index contributed by atoms with van der Waals surface area (Å²) in [6.07, 6.45) is 0. The van der Waals surface area contributed by atoms with Crippen LogP contribution in [0.5, 0.6) is 11.5 Å². The summed E-state index contributed by atoms with van der Waals surface area (Å²) in [7, 11) is -3.61. The topological polar surface area (TPSA) is 43.4 Å². The van der Waals surface area contributed by atoms with Crippen LogP contribution in [-0.4, -0.2) is 8.42 Å². The number of fused-ring (bicyclic) bond motifs is 6. The Labute approximate surface area is 139 Å². The van der Waals surface area contributed by atoms with E-state index in [1.165, 1.54) is 0 Å². The fourth-order valence-electron chi connectivity index (χ4n) is 3.30. The molecular weight excluding hydrogens is 320 g/mol. The molecule has 0 atom stereocenters. The first-order valence-electron chi connectivity index (χ1n) is 7.63. The molecular formula is C20H12O3S. The van der Waals surface area contributed by atoms with Crippen LogP contribution in [0.25, 0.3) is 21.5 Å². The van der Waals surface area contributed by atoms with Gasteiger partial charge in [-0.3, -0.25) is 0 Å². The van der Waals surface area contributed by atoms with E-state index >= 15 is 0 Å². The molecule has 0 radical (unpaired) electrons. The Hall–Kier alpha value is -2.85. The second kappa shape index (κ2) is 4.58. The lowest BCUT2D eigenvalue weighted by atomic mass is 10.1. The molecule has 3 nitrogen and oxygen atoms in total. The van der Waals surface area contributed by atoms with Crippen LogP contribution in [0, 0.1) is 0 Å². The SMILES string of the molecule is O=S1(=O)c2ccc3ccccc3c2Oc2c1ccc1ccccc21. The van der Waals surface area contributed by atoms with Gasteiger partial charge in [0.15, 0.2) is 11.5 Å². The molecule has 0 unspecified atom stereocenters. The van der Waals surface area contributed by atoms with Gasteiger partial charge in [0.2, 0.25) is 9.84 Å². The first-order chi connectivity index (χ1) is 11.7. The summed E-state index contributed by atoms with van der Waals surface area (Å²) in [6.45, 7) is 0. The molecule has 1 aliphatic rings. The highest BCUT2D eigenvalue weighted by atomic mass is 32.2. The van der Waals surface area contributed by atoms with Crippen LogP contribution in [0.2, 0.25) is 0 Å². The molecule has 0 saturated carbocycles. The Balaban J connectivity index is 1.93. The van der Waals surface area contributed by atoms with Gasteiger partial charge in [0.1, 0.15) is 9.79 Å². The lowest BCUT2D eigenvalue weighted by Crippen LogP contribution is -2.11. The van der Waals surface area contributed by atoms with Gasteiger partial charge in [-0.25, -0.2) is 8.42 Å². The van der Waals surface area contributed by atoms with E-state index in [2.05, 4.69) is 0 Å². The summed E-state index contributed by atoms with van der Waals surface area (Å²) in [4.78, 5) is 0.452. The van der Waals surface area contributed by atoms with Crippen LogP contribution in [0.15, 0.2) is 82.6 Å². The molecule has 0 N–H and O–H groups in total. The fraction of sp³-hybridized carbons (Fsp3) is 0. The van der Waals surface area contributed by atoms with E-state index in [0.29, 0.717) is 11.5 Å². The highest BCUT2D eigenvalue weighted by Gasteiger charge is 2.33. The normalized spacial score (nSPS) is 14.8. The van der Waals surface area contributed by atoms with E-state index in [4.69, 9.17) is 4.74 Å². The van der Waals surface area contributed by atoms with Gasteiger partial charge < -0.3 is 4.74 Å². The van der Waals surface area contributed by atoms with Crippen molar-refractivity contribution in [2.75, 3.05) is 0 Å². The van der Waals surface area contributed by atoms with Gasteiger partial charge >= 0.3 is 0 Å². The molecule has 0 spiro atoms. The summed E-state index contributed by atoms with van der Waals surface area (Å²) in [5.41, 5.74) is 0. The molecule has 4 heteroatoms. The minimum atomic E-state index is -3.61. The summed E-state index contributed by atoms with van der Waals surface area (Å²) >= 11 is 0. The Bertz CT molecular complexity index is 1150. The van der Waals surface area contributed by atoms with Crippen molar-refractivity contribution in [2.24, 2.45) is 0 Å². The Kier molecular flexibility index (Phi) is 2.59. The monoisotopic (exact) mass is 332 g/mol. The third kappa shape index (κ3) is 1.69. The van der Waals surface area contributed by atoms with Crippen molar-refractivity contribution in [2.45, 2.75) is 9.79 Å². The van der Waals surface area contributed by atoms with Crippen molar-refractivity contribution in [3.8, 4) is 11.5 Å². The van der Waals surface area contributed by atoms with E-state index in [0.717, 1.165) is 21.5 Å². The average Bonchev–Trinajstić information content (AvgIpc) is 2.61. The zero-order valence-corrected chi connectivity index (χ0v) is 13.4. The first-order valence-corrected chi connectivity index (χ1v) is 9.11. The minimum Gasteiger partial charge on any atom is -0.453 e. The van der Waals surface area contributed by atoms with Gasteiger partial charge in [0, 0.05) is 10.8 Å². The maximum atomic E-state index is 13.1. The molecule has 0 fully saturated rings. The molecule has 1 heterocycles. The van der Waals surface area contributed by atoms with Gasteiger partial charge in [-0.1, -0.05) is 60.7 Å². The standard InChI is InChI=1S/C20H12O3S/c21-24(22)17-11-9-13-5-1-3-7-15(13)19(17)23-20-16-8-4-2-6-14(16)10-12-18(20)24/h1-12H. The summed E-state index contributed by atoms with van der Waals surface area (Å²) in [5, 5.41) is 3.51. The molecule has 5 rings (SSSR count). The molecule has 0 bridgehead atoms. The van der Waals surface area contributed by atoms with Crippen LogP contribution in [0.4, 0.5) is 0 Å². The lowest BCUT2D eigenvalue weighted by molar-refractivity contribution is 0.454. The summed E-state index contributed by atoms with van der Waals surface area (Å²) < 4.78 is 32.4. The molecule has 4 aromatic rings. The highest BCUT2D eigenvalue weighted by Crippen LogP contribution is 2.48. The third-order valence-corrected chi connectivity index (χ3v) is 6.27. The minimum absolute atomic E-state index is 0.226. The van der Waals surface area contributed by atoms with E-state index in [-0.39, 0.29) is 9.79 Å². The molecule has 0 amide bonds. The molecule has 0 aromatic heterocycles. The average molecular weight is 332 g/mol. The predicted molar refractivity (Wildman–Crippen MR) is 93.4 cm³/mol. The van der Waals surface area contributed by atoms with E-state index < -0.39 is 9.84 Å². The van der Waals surface area contributed by atoms with Crippen LogP contribution in [0.3, 0.4) is 0 Å². The Morgan fingerprint density at radius 1 is 0.583 bits per heavy atom. The largest absolute Gasteiger partial charge is 0.453 e. The second-order valence-electron chi connectivity index (χ2n) is 5.83. The van der Waals surface area contributed by atoms with Crippen molar-refractivity contribution >= 4 is 31.4 Å². The second-order valence-corrected chi connectivity index (χ2v) is 7.72. The van der Waals surface area contributed by atoms with Gasteiger partial charge in [0.25, 0.3) is 0 Å². The zero-order valence-electron chi connectivity index (χ0n) is 12.6. The molecule has 4 aromatic carbocycles. The number of rotatable bonds is 0. The van der Waals surface area contributed by atoms with Crippen molar-refractivity contribution in [3.05, 3.63) is 72.8 Å². The highest BCUT2D eigenvalue weighted by molar-refractivity contribution is 7.91. The number of hydrogen-bond donors (Lipinski definition) is 0. The number of sulfone groups is 1. The maximum absolute atomic E-state index is 13.1. The van der Waals surface area contributed by atoms with E-state index in [1.54, 1.807) is 12.1 Å². The Morgan fingerprint density at radius 3 is 1.54 bits per heavy atom. The molecule has 0 saturated heterocycles. The number of hydrogen-bond acceptors (Lipinski definition) is 3. The van der Waals surface area contributed by atoms with Crippen molar-refractivity contribution in [1.29, 1.82) is 0 Å². The lowest BCUT2D eigenvalue weighted by Gasteiger charge is -2.23. The third-order valence-electron chi connectivity index (χ3n) is 4.47. The maximum Gasteiger partial charge on any atom is 0.214 e. The molecule has 1 aliphatic heterocycles. The first kappa shape index (κ1) is 13.6. The van der Waals surface area contributed by atoms with Crippen LogP contribution < -0.4 is 4.74 Å². The van der Waals surface area contributed by atoms with Gasteiger partial charge in [-0.15, -0.1) is 0 Å². The van der Waals surface area contributed by atoms with Crippen molar-refractivity contribution in [1.82, 2.24) is 0 Å². The predicted octanol–water partition coefficient (Wildman–Crippen LogP) is 4.93. The molecule has 0 aliphatic carbocycles. The fourth-order valence-corrected chi connectivity index (χ4v) is 4.82. The van der Waals surface area contributed by atoms with Crippen molar-refractivity contribution < 1.29 is 13.2 Å². The number of benzene rings is 4.